The van der Waals surface area contributed by atoms with Gasteiger partial charge in [0.15, 0.2) is 5.82 Å². The van der Waals surface area contributed by atoms with Gasteiger partial charge in [-0.15, -0.1) is 10.2 Å². The fourth-order valence-electron chi connectivity index (χ4n) is 2.37. The number of nitrogens with zero attached hydrogens (tertiary/aromatic N) is 6. The molecule has 130 valence electrons. The molecule has 0 saturated carbocycles. The summed E-state index contributed by atoms with van der Waals surface area (Å²) in [6.45, 7) is 6.06. The van der Waals surface area contributed by atoms with Gasteiger partial charge in [0.1, 0.15) is 4.88 Å². The monoisotopic (exact) mass is 359 g/mol. The summed E-state index contributed by atoms with van der Waals surface area (Å²) in [4.78, 5) is 24.5. The first-order valence-corrected chi connectivity index (χ1v) is 8.42. The number of hydrogen-bond acceptors (Lipinski definition) is 7. The van der Waals surface area contributed by atoms with Crippen molar-refractivity contribution >= 4 is 17.4 Å². The number of aryl methyl sites for hydroxylation is 3. The third kappa shape index (κ3) is 3.63. The van der Waals surface area contributed by atoms with Crippen molar-refractivity contribution in [3.63, 3.8) is 0 Å². The van der Waals surface area contributed by atoms with Crippen molar-refractivity contribution in [2.45, 2.75) is 27.3 Å². The Morgan fingerprint density at radius 2 is 2.04 bits per heavy atom. The Balaban J connectivity index is 1.71. The zero-order valence-corrected chi connectivity index (χ0v) is 14.9. The van der Waals surface area contributed by atoms with Crippen LogP contribution < -0.4 is 10.9 Å². The highest BCUT2D eigenvalue weighted by molar-refractivity contribution is 7.07. The Bertz CT molecular complexity index is 972. The van der Waals surface area contributed by atoms with Gasteiger partial charge in [-0.25, -0.2) is 9.36 Å². The lowest BCUT2D eigenvalue weighted by Gasteiger charge is -2.09. The zero-order valence-electron chi connectivity index (χ0n) is 14.1. The highest BCUT2D eigenvalue weighted by Crippen LogP contribution is 2.09. The smallest absolute Gasteiger partial charge is 0.266 e. The molecule has 10 heteroatoms. The maximum absolute atomic E-state index is 12.0. The van der Waals surface area contributed by atoms with Crippen LogP contribution in [0.1, 0.15) is 26.8 Å². The van der Waals surface area contributed by atoms with Crippen molar-refractivity contribution in [2.24, 2.45) is 0 Å². The van der Waals surface area contributed by atoms with Crippen LogP contribution in [-0.2, 0) is 6.54 Å². The van der Waals surface area contributed by atoms with E-state index in [9.17, 15) is 9.59 Å². The van der Waals surface area contributed by atoms with Crippen LogP contribution in [0.4, 0.5) is 0 Å². The summed E-state index contributed by atoms with van der Waals surface area (Å²) in [5.41, 5.74) is 2.15. The van der Waals surface area contributed by atoms with Crippen molar-refractivity contribution in [3.05, 3.63) is 50.5 Å². The SMILES string of the molecule is Cc1cc(C)n(-c2ccc(=O)n(CCNC(=O)c3snnc3C)n2)n1. The molecule has 0 radical (unpaired) electrons. The van der Waals surface area contributed by atoms with E-state index in [1.54, 1.807) is 17.7 Å². The minimum Gasteiger partial charge on any atom is -0.349 e. The molecule has 0 atom stereocenters. The number of rotatable bonds is 5. The lowest BCUT2D eigenvalue weighted by molar-refractivity contribution is 0.0955. The van der Waals surface area contributed by atoms with Crippen molar-refractivity contribution in [1.82, 2.24) is 34.5 Å². The van der Waals surface area contributed by atoms with E-state index in [0.717, 1.165) is 22.9 Å². The normalized spacial score (nSPS) is 10.8. The quantitative estimate of drug-likeness (QED) is 0.716. The van der Waals surface area contributed by atoms with Crippen LogP contribution in [0, 0.1) is 20.8 Å². The van der Waals surface area contributed by atoms with Gasteiger partial charge in [0.2, 0.25) is 0 Å². The molecule has 3 heterocycles. The molecule has 1 N–H and O–H groups in total. The molecule has 0 spiro atoms. The summed E-state index contributed by atoms with van der Waals surface area (Å²) in [7, 11) is 0. The van der Waals surface area contributed by atoms with Crippen LogP contribution in [0.25, 0.3) is 5.82 Å². The summed E-state index contributed by atoms with van der Waals surface area (Å²) in [5.74, 6) is 0.300. The Labute approximate surface area is 147 Å². The molecule has 0 saturated heterocycles. The molecule has 3 aromatic rings. The van der Waals surface area contributed by atoms with E-state index in [1.807, 2.05) is 19.9 Å². The summed E-state index contributed by atoms with van der Waals surface area (Å²) in [6.07, 6.45) is 0. The van der Waals surface area contributed by atoms with Gasteiger partial charge in [-0.05, 0) is 44.4 Å². The molecular formula is C15H17N7O2S. The second kappa shape index (κ2) is 6.93. The third-order valence-electron chi connectivity index (χ3n) is 3.55. The van der Waals surface area contributed by atoms with E-state index >= 15 is 0 Å². The number of carbonyl (C=O) groups is 1. The van der Waals surface area contributed by atoms with Gasteiger partial charge in [0.25, 0.3) is 11.5 Å². The van der Waals surface area contributed by atoms with Crippen LogP contribution >= 0.6 is 11.5 Å². The summed E-state index contributed by atoms with van der Waals surface area (Å²) < 4.78 is 6.72. The largest absolute Gasteiger partial charge is 0.349 e. The first kappa shape index (κ1) is 17.0. The average Bonchev–Trinajstić information content (AvgIpc) is 3.14. The maximum Gasteiger partial charge on any atom is 0.266 e. The molecule has 0 unspecified atom stereocenters. The molecule has 3 rings (SSSR count). The van der Waals surface area contributed by atoms with Crippen LogP contribution in [0.5, 0.6) is 0 Å². The van der Waals surface area contributed by atoms with E-state index in [0.29, 0.717) is 16.4 Å². The topological polar surface area (TPSA) is 108 Å². The fraction of sp³-hybridized carbons (Fsp3) is 0.333. The lowest BCUT2D eigenvalue weighted by Crippen LogP contribution is -2.32. The van der Waals surface area contributed by atoms with Crippen LogP contribution in [-0.4, -0.2) is 41.6 Å². The predicted molar refractivity (Wildman–Crippen MR) is 92.1 cm³/mol. The first-order chi connectivity index (χ1) is 12.0. The van der Waals surface area contributed by atoms with Crippen LogP contribution in [0.3, 0.4) is 0 Å². The van der Waals surface area contributed by atoms with E-state index in [4.69, 9.17) is 0 Å². The zero-order chi connectivity index (χ0) is 18.0. The van der Waals surface area contributed by atoms with E-state index in [1.165, 1.54) is 10.7 Å². The molecule has 9 nitrogen and oxygen atoms in total. The number of carbonyl (C=O) groups excluding carboxylic acids is 1. The Morgan fingerprint density at radius 3 is 2.68 bits per heavy atom. The van der Waals surface area contributed by atoms with Gasteiger partial charge in [-0.3, -0.25) is 9.59 Å². The Kier molecular flexibility index (Phi) is 4.70. The van der Waals surface area contributed by atoms with Gasteiger partial charge in [-0.2, -0.15) is 5.10 Å². The minimum atomic E-state index is -0.254. The number of hydrogen-bond donors (Lipinski definition) is 1. The van der Waals surface area contributed by atoms with Crippen molar-refractivity contribution in [1.29, 1.82) is 0 Å². The molecule has 3 aromatic heterocycles. The third-order valence-corrected chi connectivity index (χ3v) is 4.37. The summed E-state index contributed by atoms with van der Waals surface area (Å²) >= 11 is 1.04. The molecule has 0 aromatic carbocycles. The first-order valence-electron chi connectivity index (χ1n) is 7.64. The standard InChI is InChI=1S/C15H17N7O2S/c1-9-8-10(2)22(18-9)12-4-5-13(23)21(19-12)7-6-16-15(24)14-11(3)17-20-25-14/h4-5,8H,6-7H2,1-3H3,(H,16,24). The van der Waals surface area contributed by atoms with Crippen LogP contribution in [0.15, 0.2) is 23.0 Å². The molecule has 0 aliphatic carbocycles. The molecule has 0 aliphatic rings. The second-order valence-corrected chi connectivity index (χ2v) is 6.29. The molecule has 0 fully saturated rings. The molecule has 0 aliphatic heterocycles. The van der Waals surface area contributed by atoms with Crippen molar-refractivity contribution in [3.8, 4) is 5.82 Å². The Hall–Kier alpha value is -2.88. The van der Waals surface area contributed by atoms with Gasteiger partial charge in [-0.1, -0.05) is 4.49 Å². The lowest BCUT2D eigenvalue weighted by atomic mass is 10.4. The summed E-state index contributed by atoms with van der Waals surface area (Å²) in [5, 5.41) is 15.2. The molecule has 1 amide bonds. The molecule has 0 bridgehead atoms. The maximum atomic E-state index is 12.0. The molecule has 25 heavy (non-hydrogen) atoms. The number of aromatic nitrogens is 6. The highest BCUT2D eigenvalue weighted by atomic mass is 32.1. The summed E-state index contributed by atoms with van der Waals surface area (Å²) in [6, 6.07) is 5.00. The average molecular weight is 359 g/mol. The van der Waals surface area contributed by atoms with Crippen molar-refractivity contribution < 1.29 is 4.79 Å². The highest BCUT2D eigenvalue weighted by Gasteiger charge is 2.13. The van der Waals surface area contributed by atoms with Crippen molar-refractivity contribution in [2.75, 3.05) is 6.54 Å². The van der Waals surface area contributed by atoms with E-state index in [2.05, 4.69) is 25.1 Å². The minimum absolute atomic E-state index is 0.241. The Morgan fingerprint density at radius 1 is 1.24 bits per heavy atom. The predicted octanol–water partition coefficient (Wildman–Crippen LogP) is 0.636. The van der Waals surface area contributed by atoms with Gasteiger partial charge in [0, 0.05) is 18.3 Å². The fourth-order valence-corrected chi connectivity index (χ4v) is 2.94. The number of amides is 1. The van der Waals surface area contributed by atoms with Gasteiger partial charge in [0.05, 0.1) is 17.9 Å². The van der Waals surface area contributed by atoms with E-state index < -0.39 is 0 Å². The molecular weight excluding hydrogens is 342 g/mol. The second-order valence-electron chi connectivity index (χ2n) is 5.54. The van der Waals surface area contributed by atoms with Crippen LogP contribution in [0.2, 0.25) is 0 Å². The number of nitrogens with one attached hydrogen (secondary N) is 1. The van der Waals surface area contributed by atoms with Gasteiger partial charge >= 0.3 is 0 Å². The van der Waals surface area contributed by atoms with E-state index in [-0.39, 0.29) is 24.6 Å². The van der Waals surface area contributed by atoms with Gasteiger partial charge < -0.3 is 5.32 Å².